The van der Waals surface area contributed by atoms with Crippen LogP contribution in [0.5, 0.6) is 0 Å². The molecule has 0 aliphatic carbocycles. The number of nitrogens with one attached hydrogen (secondary N) is 1. The summed E-state index contributed by atoms with van der Waals surface area (Å²) in [5.74, 6) is -0.141. The quantitative estimate of drug-likeness (QED) is 0.840. The number of hydrogen-bond acceptors (Lipinski definition) is 4. The van der Waals surface area contributed by atoms with Crippen LogP contribution in [0.3, 0.4) is 0 Å². The summed E-state index contributed by atoms with van der Waals surface area (Å²) >= 11 is 1.57. The molecule has 1 aromatic rings. The molecule has 0 aliphatic heterocycles. The Morgan fingerprint density at radius 2 is 2.38 bits per heavy atom. The molecule has 1 aromatic heterocycles. The van der Waals surface area contributed by atoms with Gasteiger partial charge in [-0.05, 0) is 27.2 Å². The molecule has 3 N–H and O–H groups in total. The molecule has 0 fully saturated rings. The van der Waals surface area contributed by atoms with Gasteiger partial charge >= 0.3 is 0 Å². The Hall–Kier alpha value is -0.940. The van der Waals surface area contributed by atoms with Gasteiger partial charge in [0.05, 0.1) is 11.6 Å². The van der Waals surface area contributed by atoms with E-state index in [4.69, 9.17) is 5.73 Å². The average Bonchev–Trinajstić information content (AvgIpc) is 2.65. The van der Waals surface area contributed by atoms with Gasteiger partial charge in [-0.25, -0.2) is 4.98 Å². The molecule has 0 spiro atoms. The first-order chi connectivity index (χ1) is 7.39. The number of carbonyl (C=O) groups excluding carboxylic acids is 1. The number of nitrogens with zero attached hydrogens (tertiary/aromatic N) is 1. The number of aryl methyl sites for hydroxylation is 1. The Morgan fingerprint density at radius 3 is 2.75 bits per heavy atom. The van der Waals surface area contributed by atoms with E-state index in [1.54, 1.807) is 18.3 Å². The molecule has 0 saturated heterocycles. The zero-order valence-electron chi connectivity index (χ0n) is 10.2. The Kier molecular flexibility index (Phi) is 4.04. The number of nitrogens with two attached hydrogens (primary N) is 1. The van der Waals surface area contributed by atoms with E-state index in [0.717, 1.165) is 17.1 Å². The first kappa shape index (κ1) is 13.1. The van der Waals surface area contributed by atoms with E-state index < -0.39 is 11.6 Å². The number of rotatable bonds is 4. The smallest absolute Gasteiger partial charge is 0.237 e. The van der Waals surface area contributed by atoms with Gasteiger partial charge in [0, 0.05) is 11.1 Å². The second-order valence-electron chi connectivity index (χ2n) is 4.26. The molecule has 1 amide bonds. The molecule has 16 heavy (non-hydrogen) atoms. The van der Waals surface area contributed by atoms with Crippen molar-refractivity contribution in [3.05, 3.63) is 16.1 Å². The SMILES string of the molecule is CCC(C)(NC(=O)C(C)N)c1nc(C)cs1. The van der Waals surface area contributed by atoms with Gasteiger partial charge in [-0.1, -0.05) is 6.92 Å². The third-order valence-corrected chi connectivity index (χ3v) is 3.83. The van der Waals surface area contributed by atoms with Crippen molar-refractivity contribution in [2.75, 3.05) is 0 Å². The summed E-state index contributed by atoms with van der Waals surface area (Å²) in [6.07, 6.45) is 0.790. The number of hydrogen-bond donors (Lipinski definition) is 2. The Balaban J connectivity index is 2.90. The molecule has 1 rings (SSSR count). The van der Waals surface area contributed by atoms with Gasteiger partial charge in [0.25, 0.3) is 0 Å². The van der Waals surface area contributed by atoms with Crippen molar-refractivity contribution >= 4 is 17.2 Å². The van der Waals surface area contributed by atoms with Crippen molar-refractivity contribution in [2.24, 2.45) is 5.73 Å². The van der Waals surface area contributed by atoms with Crippen molar-refractivity contribution in [1.29, 1.82) is 0 Å². The van der Waals surface area contributed by atoms with Crippen molar-refractivity contribution in [2.45, 2.75) is 45.7 Å². The van der Waals surface area contributed by atoms with Gasteiger partial charge in [0.1, 0.15) is 5.01 Å². The zero-order valence-corrected chi connectivity index (χ0v) is 11.0. The summed E-state index contributed by atoms with van der Waals surface area (Å²) < 4.78 is 0. The maximum atomic E-state index is 11.6. The summed E-state index contributed by atoms with van der Waals surface area (Å²) in [6.45, 7) is 7.63. The van der Waals surface area contributed by atoms with E-state index in [-0.39, 0.29) is 5.91 Å². The third kappa shape index (κ3) is 2.80. The molecule has 2 atom stereocenters. The lowest BCUT2D eigenvalue weighted by atomic mass is 9.99. The number of thiazole rings is 1. The molecule has 0 saturated carbocycles. The lowest BCUT2D eigenvalue weighted by Crippen LogP contribution is -2.49. The van der Waals surface area contributed by atoms with Crippen molar-refractivity contribution in [1.82, 2.24) is 10.3 Å². The van der Waals surface area contributed by atoms with Crippen LogP contribution in [-0.2, 0) is 10.3 Å². The second-order valence-corrected chi connectivity index (χ2v) is 5.12. The molecular weight excluding hydrogens is 222 g/mol. The molecule has 5 heteroatoms. The highest BCUT2D eigenvalue weighted by Crippen LogP contribution is 2.27. The maximum absolute atomic E-state index is 11.6. The third-order valence-electron chi connectivity index (χ3n) is 2.61. The monoisotopic (exact) mass is 241 g/mol. The topological polar surface area (TPSA) is 68.0 Å². The minimum Gasteiger partial charge on any atom is -0.343 e. The molecule has 2 unspecified atom stereocenters. The van der Waals surface area contributed by atoms with Crippen LogP contribution >= 0.6 is 11.3 Å². The van der Waals surface area contributed by atoms with Crippen LogP contribution in [0, 0.1) is 6.92 Å². The van der Waals surface area contributed by atoms with Crippen molar-refractivity contribution in [3.63, 3.8) is 0 Å². The molecule has 90 valence electrons. The predicted molar refractivity (Wildman–Crippen MR) is 66.3 cm³/mol. The van der Waals surface area contributed by atoms with Gasteiger partial charge in [-0.2, -0.15) is 0 Å². The summed E-state index contributed by atoms with van der Waals surface area (Å²) in [7, 11) is 0. The number of aromatic nitrogens is 1. The number of amides is 1. The zero-order chi connectivity index (χ0) is 12.3. The van der Waals surface area contributed by atoms with Crippen LogP contribution < -0.4 is 11.1 Å². The van der Waals surface area contributed by atoms with Gasteiger partial charge in [-0.3, -0.25) is 4.79 Å². The molecule has 0 aliphatic rings. The first-order valence-electron chi connectivity index (χ1n) is 5.39. The van der Waals surface area contributed by atoms with Crippen molar-refractivity contribution < 1.29 is 4.79 Å². The Morgan fingerprint density at radius 1 is 1.75 bits per heavy atom. The molecule has 0 aromatic carbocycles. The standard InChI is InChI=1S/C11H19N3OS/c1-5-11(4,14-9(15)8(3)12)10-13-7(2)6-16-10/h6,8H,5,12H2,1-4H3,(H,14,15). The van der Waals surface area contributed by atoms with Crippen LogP contribution in [0.2, 0.25) is 0 Å². The van der Waals surface area contributed by atoms with E-state index >= 15 is 0 Å². The molecular formula is C11H19N3OS. The largest absolute Gasteiger partial charge is 0.343 e. The van der Waals surface area contributed by atoms with E-state index in [1.807, 2.05) is 26.2 Å². The van der Waals surface area contributed by atoms with Crippen LogP contribution in [-0.4, -0.2) is 16.9 Å². The van der Waals surface area contributed by atoms with Crippen LogP contribution in [0.15, 0.2) is 5.38 Å². The van der Waals surface area contributed by atoms with E-state index in [1.165, 1.54) is 0 Å². The second kappa shape index (κ2) is 4.93. The maximum Gasteiger partial charge on any atom is 0.237 e. The van der Waals surface area contributed by atoms with Gasteiger partial charge in [-0.15, -0.1) is 11.3 Å². The van der Waals surface area contributed by atoms with Crippen LogP contribution in [0.1, 0.15) is 37.9 Å². The minimum atomic E-state index is -0.494. The first-order valence-corrected chi connectivity index (χ1v) is 6.27. The highest BCUT2D eigenvalue weighted by molar-refractivity contribution is 7.09. The van der Waals surface area contributed by atoms with E-state index in [2.05, 4.69) is 10.3 Å². The lowest BCUT2D eigenvalue weighted by Gasteiger charge is -2.28. The summed E-state index contributed by atoms with van der Waals surface area (Å²) in [5.41, 5.74) is 6.12. The lowest BCUT2D eigenvalue weighted by molar-refractivity contribution is -0.123. The fourth-order valence-corrected chi connectivity index (χ4v) is 2.27. The average molecular weight is 241 g/mol. The molecule has 4 nitrogen and oxygen atoms in total. The Labute approximate surface area is 100 Å². The molecule has 1 heterocycles. The molecule has 0 bridgehead atoms. The van der Waals surface area contributed by atoms with Crippen LogP contribution in [0.25, 0.3) is 0 Å². The predicted octanol–water partition coefficient (Wildman–Crippen LogP) is 1.54. The van der Waals surface area contributed by atoms with Gasteiger partial charge in [0.15, 0.2) is 0 Å². The molecule has 0 radical (unpaired) electrons. The summed E-state index contributed by atoms with van der Waals surface area (Å²) in [5, 5.41) is 5.88. The Bertz CT molecular complexity index is 375. The highest BCUT2D eigenvalue weighted by Gasteiger charge is 2.30. The van der Waals surface area contributed by atoms with Crippen molar-refractivity contribution in [3.8, 4) is 0 Å². The fourth-order valence-electron chi connectivity index (χ4n) is 1.29. The van der Waals surface area contributed by atoms with Crippen LogP contribution in [0.4, 0.5) is 0 Å². The normalized spacial score (nSPS) is 16.6. The highest BCUT2D eigenvalue weighted by atomic mass is 32.1. The summed E-state index contributed by atoms with van der Waals surface area (Å²) in [6, 6.07) is -0.494. The fraction of sp³-hybridized carbons (Fsp3) is 0.636. The number of carbonyl (C=O) groups is 1. The minimum absolute atomic E-state index is 0.141. The van der Waals surface area contributed by atoms with E-state index in [9.17, 15) is 4.79 Å². The van der Waals surface area contributed by atoms with Gasteiger partial charge in [0.2, 0.25) is 5.91 Å². The van der Waals surface area contributed by atoms with E-state index in [0.29, 0.717) is 0 Å². The summed E-state index contributed by atoms with van der Waals surface area (Å²) in [4.78, 5) is 16.1. The van der Waals surface area contributed by atoms with Gasteiger partial charge < -0.3 is 11.1 Å².